The van der Waals surface area contributed by atoms with Gasteiger partial charge < -0.3 is 56.0 Å². The summed E-state index contributed by atoms with van der Waals surface area (Å²) in [5, 5.41) is 42.7. The summed E-state index contributed by atoms with van der Waals surface area (Å²) in [4.78, 5) is 53.4. The fourth-order valence-corrected chi connectivity index (χ4v) is 16.5. The summed E-state index contributed by atoms with van der Waals surface area (Å²) in [6.07, 6.45) is 0.308. The topological polar surface area (TPSA) is 296 Å². The van der Waals surface area contributed by atoms with Crippen LogP contribution in [0, 0.1) is 51.5 Å². The number of alkyl halides is 10. The summed E-state index contributed by atoms with van der Waals surface area (Å²) in [5.41, 5.74) is 3.97. The lowest BCUT2D eigenvalue weighted by Crippen LogP contribution is -2.55. The zero-order valence-electron chi connectivity index (χ0n) is 69.0. The number of aromatic nitrogens is 4. The third-order valence-electron chi connectivity index (χ3n) is 22.2. The summed E-state index contributed by atoms with van der Waals surface area (Å²) in [6.45, 7) is 21.7. The molecule has 668 valence electrons. The maximum atomic E-state index is 14.6. The van der Waals surface area contributed by atoms with E-state index in [0.29, 0.717) is 92.4 Å². The molecule has 1 amide bonds. The third-order valence-corrected chi connectivity index (χ3v) is 22.4. The first-order valence-electron chi connectivity index (χ1n) is 40.6. The van der Waals surface area contributed by atoms with Crippen LogP contribution in [0.3, 0.4) is 0 Å². The number of fused-ring (bicyclic) bond motifs is 2. The van der Waals surface area contributed by atoms with Gasteiger partial charge in [-0.15, -0.1) is 0 Å². The van der Waals surface area contributed by atoms with Gasteiger partial charge >= 0.3 is 18.4 Å². The lowest BCUT2D eigenvalue weighted by Gasteiger charge is -2.47. The number of hydrogen-bond donors (Lipinski definition) is 6. The van der Waals surface area contributed by atoms with Gasteiger partial charge in [-0.3, -0.25) is 30.0 Å². The van der Waals surface area contributed by atoms with Gasteiger partial charge in [0.15, 0.2) is 23.3 Å². The largest absolute Gasteiger partial charge is 0.487 e. The monoisotopic (exact) mass is 1740 g/mol. The highest BCUT2D eigenvalue weighted by Crippen LogP contribution is 2.43. The number of likely N-dealkylation sites (tertiary alicyclic amines) is 1. The Hall–Kier alpha value is -9.07. The number of aliphatic hydroxyl groups is 1. The quantitative estimate of drug-likeness (QED) is 0.0194. The van der Waals surface area contributed by atoms with E-state index in [4.69, 9.17) is 41.4 Å². The van der Waals surface area contributed by atoms with Crippen LogP contribution in [0.15, 0.2) is 85.2 Å². The maximum absolute atomic E-state index is 14.6. The van der Waals surface area contributed by atoms with Crippen LogP contribution in [0.1, 0.15) is 186 Å². The van der Waals surface area contributed by atoms with E-state index in [-0.39, 0.29) is 76.2 Å². The molecule has 6 aliphatic heterocycles. The normalized spacial score (nSPS) is 25.1. The molecule has 38 heteroatoms. The average molecular weight is 1740 g/mol. The van der Waals surface area contributed by atoms with E-state index in [2.05, 4.69) is 78.7 Å². The molecule has 121 heavy (non-hydrogen) atoms. The number of benzene rings is 4. The Kier molecular flexibility index (Phi) is 33.1. The molecule has 6 saturated heterocycles. The van der Waals surface area contributed by atoms with Gasteiger partial charge in [0.2, 0.25) is 11.2 Å². The van der Waals surface area contributed by atoms with Crippen LogP contribution in [0.5, 0.6) is 17.2 Å². The van der Waals surface area contributed by atoms with Gasteiger partial charge in [0.05, 0.1) is 46.0 Å². The minimum Gasteiger partial charge on any atom is -0.487 e. The van der Waals surface area contributed by atoms with E-state index < -0.39 is 117 Å². The number of halogens is 14. The Labute approximate surface area is 699 Å². The second-order valence-corrected chi connectivity index (χ2v) is 34.1. The number of carbonyl (C=O) groups excluding carboxylic acids is 1. The van der Waals surface area contributed by atoms with Crippen molar-refractivity contribution in [1.82, 2.24) is 40.0 Å². The van der Waals surface area contributed by atoms with Crippen LogP contribution in [0.25, 0.3) is 0 Å². The van der Waals surface area contributed by atoms with Crippen LogP contribution in [-0.4, -0.2) is 185 Å². The van der Waals surface area contributed by atoms with Gasteiger partial charge in [0.25, 0.3) is 11.4 Å². The van der Waals surface area contributed by atoms with Crippen molar-refractivity contribution in [3.8, 4) is 17.2 Å². The van der Waals surface area contributed by atoms with E-state index in [1.807, 2.05) is 25.1 Å². The molecule has 14 rings (SSSR count). The third kappa shape index (κ3) is 27.7. The molecule has 0 radical (unpaired) electrons. The number of anilines is 5. The number of carbonyl (C=O) groups is 1. The molecule has 0 unspecified atom stereocenters. The number of nitrogens with one attached hydrogen (secondary N) is 4. The van der Waals surface area contributed by atoms with Crippen LogP contribution in [-0.2, 0) is 17.1 Å². The molecule has 0 bridgehead atoms. The molecule has 8 aliphatic rings. The highest BCUT2D eigenvalue weighted by atomic mass is 35.5. The number of nitro benzene ring substituents is 2. The molecule has 2 saturated carbocycles. The second kappa shape index (κ2) is 41.9. The fraction of sp³-hybridized carbons (Fsp3) is 0.602. The number of nitrogens with two attached hydrogens (primary N) is 1. The SMILES string of the molecule is CC(C)(C)OC(=O)N1CC[C@H](O)[C@@H](F)C1.CC1(C)C[C@H](Nc2nc(Cl)ncc2F)C[C@@H]2CCCN21.Cc1cc(Nc2ncc(F)c(N[C@@H]3C[C@@H]4CCCN4C(C)(C)C3)n2)ccc1O[C@H]1CCNC[C@H]1F.Cc1cc([N+](=O)[O-])ccc1O[C@H]1CCCC[C@@H]1F.Nc1ccc(O[C@H]2CCCC[C@@H]2F)c(C(F)(F)F)c1.O=[N+]([O-])c1ccc(F)c(C(F)(F)F)c1. The molecule has 6 aromatic rings. The van der Waals surface area contributed by atoms with Crippen LogP contribution in [0.4, 0.5) is 102 Å². The molecule has 2 aliphatic carbocycles. The molecular weight excluding hydrogens is 1640 g/mol. The van der Waals surface area contributed by atoms with Gasteiger partial charge in [0.1, 0.15) is 71.7 Å². The second-order valence-electron chi connectivity index (χ2n) is 33.8. The number of nitrogens with zero attached hydrogens (tertiary/aromatic N) is 9. The maximum Gasteiger partial charge on any atom is 0.420 e. The molecule has 24 nitrogen and oxygen atoms in total. The highest BCUT2D eigenvalue weighted by molar-refractivity contribution is 6.28. The van der Waals surface area contributed by atoms with Crippen LogP contribution < -0.4 is 41.2 Å². The first-order valence-corrected chi connectivity index (χ1v) is 41.0. The molecule has 4 aromatic carbocycles. The number of nitrogen functional groups attached to an aromatic ring is 1. The van der Waals surface area contributed by atoms with Crippen molar-refractivity contribution in [2.24, 2.45) is 0 Å². The lowest BCUT2D eigenvalue weighted by molar-refractivity contribution is -0.385. The van der Waals surface area contributed by atoms with Gasteiger partial charge in [-0.25, -0.2) is 45.5 Å². The number of aliphatic hydroxyl groups excluding tert-OH is 1. The van der Waals surface area contributed by atoms with Crippen molar-refractivity contribution in [3.63, 3.8) is 0 Å². The summed E-state index contributed by atoms with van der Waals surface area (Å²) in [6, 6.07) is 16.0. The van der Waals surface area contributed by atoms with E-state index >= 15 is 0 Å². The zero-order chi connectivity index (χ0) is 88.6. The van der Waals surface area contributed by atoms with Gasteiger partial charge in [-0.2, -0.15) is 36.3 Å². The van der Waals surface area contributed by atoms with Crippen molar-refractivity contribution >= 4 is 58.0 Å². The van der Waals surface area contributed by atoms with Crippen molar-refractivity contribution < 1.29 is 95.8 Å². The van der Waals surface area contributed by atoms with Crippen LogP contribution in [0.2, 0.25) is 5.28 Å². The Balaban J connectivity index is 0.000000171. The summed E-state index contributed by atoms with van der Waals surface area (Å²) in [7, 11) is 0. The molecular formula is C83H108ClF13N14O10. The van der Waals surface area contributed by atoms with E-state index in [0.717, 1.165) is 94.0 Å². The Morgan fingerprint density at radius 3 is 1.60 bits per heavy atom. The Morgan fingerprint density at radius 2 is 1.09 bits per heavy atom. The highest BCUT2D eigenvalue weighted by Gasteiger charge is 2.46. The lowest BCUT2D eigenvalue weighted by atomic mass is 9.84. The number of amides is 1. The number of nitro groups is 2. The Morgan fingerprint density at radius 1 is 0.595 bits per heavy atom. The fourth-order valence-electron chi connectivity index (χ4n) is 16.4. The Bertz CT molecular complexity index is 4450. The zero-order valence-corrected chi connectivity index (χ0v) is 69.8. The number of rotatable bonds is 14. The van der Waals surface area contributed by atoms with Crippen molar-refractivity contribution in [2.45, 2.75) is 280 Å². The summed E-state index contributed by atoms with van der Waals surface area (Å²) >= 11 is 5.74. The van der Waals surface area contributed by atoms with Gasteiger partial charge in [0, 0.05) is 84.0 Å². The molecule has 12 atom stereocenters. The smallest absolute Gasteiger partial charge is 0.420 e. The molecule has 7 N–H and O–H groups in total. The van der Waals surface area contributed by atoms with E-state index in [1.54, 1.807) is 33.8 Å². The molecule has 0 spiro atoms. The van der Waals surface area contributed by atoms with Gasteiger partial charge in [-0.1, -0.05) is 12.8 Å². The van der Waals surface area contributed by atoms with Crippen molar-refractivity contribution in [3.05, 3.63) is 150 Å². The number of non-ortho nitro benzene ring substituents is 2. The number of hydrogen-bond acceptors (Lipinski definition) is 21. The van der Waals surface area contributed by atoms with Crippen molar-refractivity contribution in [2.75, 3.05) is 61.0 Å². The van der Waals surface area contributed by atoms with E-state index in [1.165, 1.54) is 61.5 Å². The summed E-state index contributed by atoms with van der Waals surface area (Å²) < 4.78 is 192. The molecule has 2 aromatic heterocycles. The minimum absolute atomic E-state index is 0.000109. The molecule has 8 fully saturated rings. The predicted molar refractivity (Wildman–Crippen MR) is 432 cm³/mol. The predicted octanol–water partition coefficient (Wildman–Crippen LogP) is 19.2. The first-order chi connectivity index (χ1) is 56.8. The minimum atomic E-state index is -4.92. The van der Waals surface area contributed by atoms with E-state index in [9.17, 15) is 82.1 Å². The van der Waals surface area contributed by atoms with Crippen molar-refractivity contribution in [1.29, 1.82) is 0 Å². The number of ether oxygens (including phenoxy) is 4. The molecule has 8 heterocycles. The first kappa shape index (κ1) is 95.8. The number of piperidine rings is 4. The summed E-state index contributed by atoms with van der Waals surface area (Å²) in [5.74, 6) is -0.806. The van der Waals surface area contributed by atoms with Crippen LogP contribution >= 0.6 is 11.6 Å². The van der Waals surface area contributed by atoms with Gasteiger partial charge in [-0.05, 0) is 256 Å². The standard InChI is InChI=1S/C26H36F2N6O.C14H20ClFN4.C13H15F4NO.C13H16FNO3.C10H18FNO3.C7H3F4NO2/c1-16-11-17(6-7-22(16)35-23-8-9-29-14-20(23)27)32-25-30-15-21(28)24(33-25)31-18-12-19-5-4-10-34(19)26(2,3)13-18;1-14(2)7-9(6-10-4-3-5-20(10)14)18-12-11(16)8-17-13(15)19-12;14-10-3-1-2-4-12(10)19-11-6-5-8(18)7-9(11)13(15,16)17;1-9-8-10(15(16)17)6-7-12(9)18-13-5-3-2-4-11(13)14;1-10(2,3)15-9(14)12-5-4-8(13)7(11)6-12;8-6-2-1-4(12(13)14)3-5(6)7(9,10)11/h6-7,11,15,18-20,23,29H,4-5,8-10,12-14H2,1-3H3,(H2,30,31,32,33);8-10H,3-7H2,1-2H3,(H,17,18,19);5-7,10,12H,1-4,18H2;6-8,11,13H,2-5H2,1H3;7-8,13H,4-6H2,1-3H3;1-3H/t18-,19+,20-,23+;9-,10+;10-,12-;11-,13-;7-,8-;/m11000./s1. The average Bonchev–Trinajstić information content (AvgIpc) is 1.68. The number of aryl methyl sites for hydroxylation is 2.